The van der Waals surface area contributed by atoms with Crippen LogP contribution in [0.1, 0.15) is 129 Å². The van der Waals surface area contributed by atoms with Crippen LogP contribution in [0.3, 0.4) is 0 Å². The number of rotatable bonds is 28. The Morgan fingerprint density at radius 3 is 1.78 bits per heavy atom. The highest BCUT2D eigenvalue weighted by atomic mass is 16.6. The van der Waals surface area contributed by atoms with Gasteiger partial charge in [-0.15, -0.1) is 0 Å². The average molecular weight is 584 g/mol. The molecule has 8 heteroatoms. The number of unbranched alkanes of at least 4 members (excludes halogenated alkanes) is 13. The van der Waals surface area contributed by atoms with Gasteiger partial charge >= 0.3 is 11.9 Å². The number of likely N-dealkylation sites (N-methyl/N-ethyl adjacent to an activating group) is 1. The maximum atomic E-state index is 12.4. The largest absolute Gasteiger partial charge is 0.544 e. The third kappa shape index (κ3) is 24.4. The molecule has 0 amide bonds. The van der Waals surface area contributed by atoms with Gasteiger partial charge in [-0.05, 0) is 32.1 Å². The van der Waals surface area contributed by atoms with E-state index in [-0.39, 0.29) is 49.1 Å². The summed E-state index contributed by atoms with van der Waals surface area (Å²) < 4.78 is 16.5. The molecule has 0 aliphatic rings. The highest BCUT2D eigenvalue weighted by molar-refractivity contribution is 5.70. The summed E-state index contributed by atoms with van der Waals surface area (Å²) in [6.45, 7) is 4.07. The van der Waals surface area contributed by atoms with Gasteiger partial charge in [-0.3, -0.25) is 9.59 Å². The fourth-order valence-electron chi connectivity index (χ4n) is 4.57. The third-order valence-corrected chi connectivity index (χ3v) is 7.21. The summed E-state index contributed by atoms with van der Waals surface area (Å²) in [7, 11) is 5.35. The number of carboxylic acids is 1. The molecule has 0 radical (unpaired) electrons. The minimum atomic E-state index is -1.13. The summed E-state index contributed by atoms with van der Waals surface area (Å²) in [5.41, 5.74) is 0. The molecule has 0 aromatic rings. The number of carboxylic acid groups (broad SMARTS) is 1. The molecule has 240 valence electrons. The summed E-state index contributed by atoms with van der Waals surface area (Å²) in [6.07, 6.45) is 23.0. The van der Waals surface area contributed by atoms with Crippen LogP contribution in [0, 0.1) is 0 Å². The summed E-state index contributed by atoms with van der Waals surface area (Å²) in [6, 6.07) is -0.717. The van der Waals surface area contributed by atoms with Crippen LogP contribution < -0.4 is 5.11 Å². The SMILES string of the molecule is CCCCCCCC/C=C\CCCCCCCCCC(=O)OC(COCCC(C(=O)[O-])[N+](C)(C)C)COC(=O)CC. The molecule has 0 bridgehead atoms. The van der Waals surface area contributed by atoms with Crippen molar-refractivity contribution in [2.75, 3.05) is 41.0 Å². The number of quaternary nitrogens is 1. The second kappa shape index (κ2) is 25.8. The van der Waals surface area contributed by atoms with E-state index in [1.165, 1.54) is 77.0 Å². The fourth-order valence-corrected chi connectivity index (χ4v) is 4.57. The van der Waals surface area contributed by atoms with Gasteiger partial charge in [0.05, 0.1) is 40.3 Å². The maximum absolute atomic E-state index is 12.4. The second-order valence-corrected chi connectivity index (χ2v) is 12.0. The first-order valence-electron chi connectivity index (χ1n) is 16.2. The van der Waals surface area contributed by atoms with Gasteiger partial charge in [-0.25, -0.2) is 0 Å². The number of allylic oxidation sites excluding steroid dienone is 2. The van der Waals surface area contributed by atoms with Gasteiger partial charge in [0.2, 0.25) is 0 Å². The molecule has 0 aromatic carbocycles. The van der Waals surface area contributed by atoms with Gasteiger partial charge < -0.3 is 28.6 Å². The van der Waals surface area contributed by atoms with Gasteiger partial charge in [0.1, 0.15) is 12.6 Å². The van der Waals surface area contributed by atoms with Crippen molar-refractivity contribution in [3.63, 3.8) is 0 Å². The molecule has 0 aliphatic carbocycles. The number of hydrogen-bond acceptors (Lipinski definition) is 7. The number of hydrogen-bond donors (Lipinski definition) is 0. The normalized spacial score (nSPS) is 13.3. The van der Waals surface area contributed by atoms with E-state index in [1.54, 1.807) is 28.1 Å². The van der Waals surface area contributed by atoms with E-state index in [0.717, 1.165) is 19.3 Å². The van der Waals surface area contributed by atoms with Crippen molar-refractivity contribution in [3.05, 3.63) is 12.2 Å². The molecule has 41 heavy (non-hydrogen) atoms. The Kier molecular flexibility index (Phi) is 24.5. The molecule has 0 N–H and O–H groups in total. The lowest BCUT2D eigenvalue weighted by Gasteiger charge is -2.34. The molecule has 8 nitrogen and oxygen atoms in total. The van der Waals surface area contributed by atoms with E-state index in [4.69, 9.17) is 14.2 Å². The zero-order chi connectivity index (χ0) is 30.8. The Bertz CT molecular complexity index is 702. The Morgan fingerprint density at radius 2 is 1.27 bits per heavy atom. The molecule has 2 atom stereocenters. The standard InChI is InChI=1S/C33H61NO7/c1-6-8-9-10-11-12-13-14-15-16-17-18-19-20-21-22-23-24-32(36)41-29(28-40-31(35)7-2)27-39-26-25-30(33(37)38)34(3,4)5/h14-15,29-30H,6-13,16-28H2,1-5H3/b15-14-. The fraction of sp³-hybridized carbons (Fsp3) is 0.848. The predicted molar refractivity (Wildman–Crippen MR) is 162 cm³/mol. The van der Waals surface area contributed by atoms with Crippen molar-refractivity contribution in [2.45, 2.75) is 142 Å². The highest BCUT2D eigenvalue weighted by Crippen LogP contribution is 2.13. The van der Waals surface area contributed by atoms with Crippen LogP contribution in [0.2, 0.25) is 0 Å². The molecule has 0 rings (SSSR count). The summed E-state index contributed by atoms with van der Waals surface area (Å²) >= 11 is 0. The van der Waals surface area contributed by atoms with E-state index in [9.17, 15) is 19.5 Å². The zero-order valence-electron chi connectivity index (χ0n) is 27.0. The number of ether oxygens (including phenoxy) is 3. The van der Waals surface area contributed by atoms with E-state index in [2.05, 4.69) is 19.1 Å². The van der Waals surface area contributed by atoms with Crippen molar-refractivity contribution in [1.29, 1.82) is 0 Å². The monoisotopic (exact) mass is 583 g/mol. The zero-order valence-corrected chi connectivity index (χ0v) is 27.0. The van der Waals surface area contributed by atoms with E-state index < -0.39 is 18.1 Å². The molecule has 0 spiro atoms. The first-order chi connectivity index (χ1) is 19.6. The highest BCUT2D eigenvalue weighted by Gasteiger charge is 2.25. The molecular formula is C33H61NO7. The van der Waals surface area contributed by atoms with Crippen LogP contribution in [0.5, 0.6) is 0 Å². The van der Waals surface area contributed by atoms with Crippen molar-refractivity contribution in [2.24, 2.45) is 0 Å². The number of aliphatic carboxylic acids is 1. The summed E-state index contributed by atoms with van der Waals surface area (Å²) in [5.74, 6) is -1.85. The minimum absolute atomic E-state index is 0.0356. The van der Waals surface area contributed by atoms with E-state index in [0.29, 0.717) is 6.42 Å². The second-order valence-electron chi connectivity index (χ2n) is 12.0. The van der Waals surface area contributed by atoms with E-state index >= 15 is 0 Å². The lowest BCUT2D eigenvalue weighted by molar-refractivity contribution is -0.889. The van der Waals surface area contributed by atoms with Crippen LogP contribution in [-0.2, 0) is 28.6 Å². The Morgan fingerprint density at radius 1 is 0.732 bits per heavy atom. The van der Waals surface area contributed by atoms with Gasteiger partial charge in [0.15, 0.2) is 6.10 Å². The molecular weight excluding hydrogens is 522 g/mol. The number of carbonyl (C=O) groups is 3. The first-order valence-corrected chi connectivity index (χ1v) is 16.2. The molecule has 0 aliphatic heterocycles. The van der Waals surface area contributed by atoms with Gasteiger partial charge in [-0.2, -0.15) is 0 Å². The third-order valence-electron chi connectivity index (χ3n) is 7.21. The van der Waals surface area contributed by atoms with Gasteiger partial charge in [0.25, 0.3) is 0 Å². The Hall–Kier alpha value is -1.93. The smallest absolute Gasteiger partial charge is 0.306 e. The predicted octanol–water partition coefficient (Wildman–Crippen LogP) is 5.90. The summed E-state index contributed by atoms with van der Waals surface area (Å²) in [5, 5.41) is 11.4. The number of esters is 2. The maximum Gasteiger partial charge on any atom is 0.306 e. The first kappa shape index (κ1) is 39.1. The van der Waals surface area contributed by atoms with Crippen LogP contribution in [0.4, 0.5) is 0 Å². The van der Waals surface area contributed by atoms with Crippen LogP contribution >= 0.6 is 0 Å². The summed E-state index contributed by atoms with van der Waals surface area (Å²) in [4.78, 5) is 35.4. The minimum Gasteiger partial charge on any atom is -0.544 e. The number of nitrogens with zero attached hydrogens (tertiary/aromatic N) is 1. The Balaban J connectivity index is 4.03. The quantitative estimate of drug-likeness (QED) is 0.0489. The molecule has 0 saturated heterocycles. The van der Waals surface area contributed by atoms with Crippen molar-refractivity contribution in [1.82, 2.24) is 0 Å². The van der Waals surface area contributed by atoms with Crippen molar-refractivity contribution in [3.8, 4) is 0 Å². The average Bonchev–Trinajstić information content (AvgIpc) is 2.91. The van der Waals surface area contributed by atoms with Crippen LogP contribution in [0.25, 0.3) is 0 Å². The Labute approximate surface area is 250 Å². The molecule has 0 heterocycles. The van der Waals surface area contributed by atoms with E-state index in [1.807, 2.05) is 0 Å². The van der Waals surface area contributed by atoms with Gasteiger partial charge in [-0.1, -0.05) is 90.2 Å². The lowest BCUT2D eigenvalue weighted by atomic mass is 10.1. The van der Waals surface area contributed by atoms with Crippen LogP contribution in [-0.4, -0.2) is 75.5 Å². The van der Waals surface area contributed by atoms with Crippen LogP contribution in [0.15, 0.2) is 12.2 Å². The van der Waals surface area contributed by atoms with Crippen molar-refractivity contribution >= 4 is 17.9 Å². The molecule has 0 aromatic heterocycles. The molecule has 0 saturated carbocycles. The van der Waals surface area contributed by atoms with Crippen molar-refractivity contribution < 1.29 is 38.2 Å². The number of carbonyl (C=O) groups excluding carboxylic acids is 3. The topological polar surface area (TPSA) is 102 Å². The van der Waals surface area contributed by atoms with Gasteiger partial charge in [0, 0.05) is 19.3 Å². The lowest BCUT2D eigenvalue weighted by Crippen LogP contribution is -2.55. The molecule has 0 fully saturated rings. The molecule has 2 unspecified atom stereocenters.